The van der Waals surface area contributed by atoms with Crippen molar-refractivity contribution in [1.29, 1.82) is 0 Å². The lowest BCUT2D eigenvalue weighted by Crippen LogP contribution is -2.35. The molecule has 1 rings (SSSR count). The first-order chi connectivity index (χ1) is 5.33. The van der Waals surface area contributed by atoms with Crippen molar-refractivity contribution in [1.82, 2.24) is 10.8 Å². The maximum Gasteiger partial charge on any atom is 0.215 e. The average molecular weight is 155 g/mol. The molecule has 62 valence electrons. The average Bonchev–Trinajstić information content (AvgIpc) is 2.52. The number of hydroxylamine groups is 1. The van der Waals surface area contributed by atoms with Gasteiger partial charge >= 0.3 is 0 Å². The van der Waals surface area contributed by atoms with Crippen LogP contribution in [-0.4, -0.2) is 25.2 Å². The minimum absolute atomic E-state index is 0.0000926. The van der Waals surface area contributed by atoms with E-state index < -0.39 is 0 Å². The molecule has 2 N–H and O–H groups in total. The van der Waals surface area contributed by atoms with Crippen LogP contribution in [0.15, 0.2) is 17.6 Å². The Morgan fingerprint density at radius 2 is 2.73 bits per heavy atom. The summed E-state index contributed by atoms with van der Waals surface area (Å²) >= 11 is 0. The number of hydrogen-bond acceptors (Lipinski definition) is 4. The summed E-state index contributed by atoms with van der Waals surface area (Å²) in [4.78, 5) is 9.19. The fourth-order valence-electron chi connectivity index (χ4n) is 0.663. The van der Waals surface area contributed by atoms with Crippen molar-refractivity contribution in [2.45, 2.75) is 13.0 Å². The second kappa shape index (κ2) is 3.98. The van der Waals surface area contributed by atoms with E-state index in [2.05, 4.69) is 22.4 Å². The molecule has 0 fully saturated rings. The summed E-state index contributed by atoms with van der Waals surface area (Å²) < 4.78 is 0. The largest absolute Gasteiger partial charge is 0.353 e. The molecule has 0 radical (unpaired) electrons. The number of aliphatic imine (C=N–C) groups is 1. The monoisotopic (exact) mass is 155 g/mol. The predicted molar refractivity (Wildman–Crippen MR) is 44.2 cm³/mol. The number of rotatable bonds is 3. The topological polar surface area (TPSA) is 45.6 Å². The van der Waals surface area contributed by atoms with E-state index in [0.29, 0.717) is 5.96 Å². The Labute approximate surface area is 66.3 Å². The van der Waals surface area contributed by atoms with Gasteiger partial charge in [0.1, 0.15) is 6.10 Å². The highest BCUT2D eigenvalue weighted by atomic mass is 16.7. The van der Waals surface area contributed by atoms with Gasteiger partial charge in [-0.05, 0) is 6.92 Å². The van der Waals surface area contributed by atoms with E-state index >= 15 is 0 Å². The fourth-order valence-corrected chi connectivity index (χ4v) is 0.663. The Kier molecular flexibility index (Phi) is 2.92. The quantitative estimate of drug-likeness (QED) is 0.447. The van der Waals surface area contributed by atoms with Crippen molar-refractivity contribution in [3.63, 3.8) is 0 Å². The van der Waals surface area contributed by atoms with Crippen molar-refractivity contribution in [2.24, 2.45) is 4.99 Å². The van der Waals surface area contributed by atoms with E-state index in [4.69, 9.17) is 4.84 Å². The van der Waals surface area contributed by atoms with Gasteiger partial charge in [-0.15, -0.1) is 6.58 Å². The molecule has 1 atom stereocenters. The Bertz CT molecular complexity index is 167. The zero-order chi connectivity index (χ0) is 8.10. The molecule has 1 unspecified atom stereocenters. The molecule has 4 nitrogen and oxygen atoms in total. The van der Waals surface area contributed by atoms with Gasteiger partial charge in [-0.1, -0.05) is 6.08 Å². The van der Waals surface area contributed by atoms with Crippen molar-refractivity contribution in [3.8, 4) is 0 Å². The number of guanidine groups is 1. The van der Waals surface area contributed by atoms with Gasteiger partial charge in [-0.25, -0.2) is 10.5 Å². The number of nitrogens with one attached hydrogen (secondary N) is 2. The standard InChI is InChI=1S/C7H13N3O/c1-3-6(2)11-10-7-8-4-5-9-7/h3,6H,1,4-5H2,2H3,(H2,8,9,10). The van der Waals surface area contributed by atoms with Crippen LogP contribution in [0.3, 0.4) is 0 Å². The van der Waals surface area contributed by atoms with Gasteiger partial charge in [-0.3, -0.25) is 4.84 Å². The molecule has 0 spiro atoms. The third-order valence-electron chi connectivity index (χ3n) is 1.35. The molecular formula is C7H13N3O. The second-order valence-electron chi connectivity index (χ2n) is 2.32. The van der Waals surface area contributed by atoms with Gasteiger partial charge in [0, 0.05) is 6.54 Å². The van der Waals surface area contributed by atoms with Crippen LogP contribution in [0.25, 0.3) is 0 Å². The minimum atomic E-state index is 0.0000926. The first-order valence-electron chi connectivity index (χ1n) is 3.65. The highest BCUT2D eigenvalue weighted by Crippen LogP contribution is 1.88. The number of hydrogen-bond donors (Lipinski definition) is 2. The third-order valence-corrected chi connectivity index (χ3v) is 1.35. The molecule has 0 aromatic heterocycles. The molecule has 0 saturated carbocycles. The van der Waals surface area contributed by atoms with E-state index in [0.717, 1.165) is 13.1 Å². The lowest BCUT2D eigenvalue weighted by molar-refractivity contribution is 0.0488. The van der Waals surface area contributed by atoms with Gasteiger partial charge in [-0.2, -0.15) is 0 Å². The van der Waals surface area contributed by atoms with Crippen molar-refractivity contribution in [3.05, 3.63) is 12.7 Å². The maximum absolute atomic E-state index is 5.11. The zero-order valence-electron chi connectivity index (χ0n) is 6.63. The summed E-state index contributed by atoms with van der Waals surface area (Å²) in [7, 11) is 0. The van der Waals surface area contributed by atoms with Crippen LogP contribution in [0, 0.1) is 0 Å². The summed E-state index contributed by atoms with van der Waals surface area (Å²) in [5, 5.41) is 3.02. The van der Waals surface area contributed by atoms with Crippen LogP contribution in [-0.2, 0) is 4.84 Å². The Morgan fingerprint density at radius 1 is 1.91 bits per heavy atom. The molecule has 0 aromatic rings. The van der Waals surface area contributed by atoms with Gasteiger partial charge in [0.2, 0.25) is 5.96 Å². The Morgan fingerprint density at radius 3 is 3.27 bits per heavy atom. The number of nitrogens with zero attached hydrogens (tertiary/aromatic N) is 1. The van der Waals surface area contributed by atoms with E-state index in [9.17, 15) is 0 Å². The lowest BCUT2D eigenvalue weighted by atomic mass is 10.4. The molecular weight excluding hydrogens is 142 g/mol. The predicted octanol–water partition coefficient (Wildman–Crippen LogP) is 0.0413. The van der Waals surface area contributed by atoms with E-state index in [1.165, 1.54) is 0 Å². The zero-order valence-corrected chi connectivity index (χ0v) is 6.63. The van der Waals surface area contributed by atoms with Crippen LogP contribution in [0.1, 0.15) is 6.92 Å². The van der Waals surface area contributed by atoms with Crippen LogP contribution < -0.4 is 10.8 Å². The SMILES string of the molecule is C=CC(C)ONC1=NCCN1. The molecule has 4 heteroatoms. The lowest BCUT2D eigenvalue weighted by Gasteiger charge is -2.09. The van der Waals surface area contributed by atoms with Crippen molar-refractivity contribution < 1.29 is 4.84 Å². The summed E-state index contributed by atoms with van der Waals surface area (Å²) in [5.41, 5.74) is 2.70. The van der Waals surface area contributed by atoms with Gasteiger partial charge in [0.15, 0.2) is 0 Å². The highest BCUT2D eigenvalue weighted by molar-refractivity contribution is 5.80. The summed E-state index contributed by atoms with van der Waals surface area (Å²) in [6.45, 7) is 7.18. The van der Waals surface area contributed by atoms with Gasteiger partial charge < -0.3 is 5.32 Å². The van der Waals surface area contributed by atoms with Crippen LogP contribution in [0.4, 0.5) is 0 Å². The van der Waals surface area contributed by atoms with Gasteiger partial charge in [0.05, 0.1) is 6.54 Å². The molecule has 0 saturated heterocycles. The summed E-state index contributed by atoms with van der Waals surface area (Å²) in [6.07, 6.45) is 1.71. The molecule has 1 aliphatic rings. The van der Waals surface area contributed by atoms with Crippen molar-refractivity contribution in [2.75, 3.05) is 13.1 Å². The summed E-state index contributed by atoms with van der Waals surface area (Å²) in [6, 6.07) is 0. The van der Waals surface area contributed by atoms with Crippen LogP contribution in [0.2, 0.25) is 0 Å². The van der Waals surface area contributed by atoms with E-state index in [-0.39, 0.29) is 6.10 Å². The fraction of sp³-hybridized carbons (Fsp3) is 0.571. The summed E-state index contributed by atoms with van der Waals surface area (Å²) in [5.74, 6) is 0.707. The molecule has 1 heterocycles. The minimum Gasteiger partial charge on any atom is -0.353 e. The molecule has 11 heavy (non-hydrogen) atoms. The normalized spacial score (nSPS) is 18.5. The molecule has 0 bridgehead atoms. The first kappa shape index (κ1) is 8.07. The first-order valence-corrected chi connectivity index (χ1v) is 3.65. The molecule has 1 aliphatic heterocycles. The van der Waals surface area contributed by atoms with Gasteiger partial charge in [0.25, 0.3) is 0 Å². The molecule has 0 amide bonds. The molecule has 0 aliphatic carbocycles. The maximum atomic E-state index is 5.11. The Hall–Kier alpha value is -1.03. The van der Waals surface area contributed by atoms with E-state index in [1.54, 1.807) is 6.08 Å². The van der Waals surface area contributed by atoms with Crippen LogP contribution in [0.5, 0.6) is 0 Å². The Balaban J connectivity index is 2.16. The molecule has 0 aromatic carbocycles. The smallest absolute Gasteiger partial charge is 0.215 e. The second-order valence-corrected chi connectivity index (χ2v) is 2.32. The van der Waals surface area contributed by atoms with Crippen LogP contribution >= 0.6 is 0 Å². The highest BCUT2D eigenvalue weighted by Gasteiger charge is 2.04. The van der Waals surface area contributed by atoms with E-state index in [1.807, 2.05) is 6.92 Å². The third kappa shape index (κ3) is 2.59. The van der Waals surface area contributed by atoms with Crippen molar-refractivity contribution >= 4 is 5.96 Å².